The van der Waals surface area contributed by atoms with Crippen molar-refractivity contribution in [1.29, 1.82) is 0 Å². The standard InChI is InChI=1S/C16H26N2O2/c1-3-9-17-13(2)14-7-8-16(18-11-14)20-12-15-6-4-5-10-19-15/h7-8,11,13,15,17H,3-6,9-10,12H2,1-2H3. The molecule has 1 aliphatic heterocycles. The van der Waals surface area contributed by atoms with E-state index in [0.29, 0.717) is 18.5 Å². The van der Waals surface area contributed by atoms with E-state index in [2.05, 4.69) is 30.2 Å². The molecule has 1 aromatic rings. The number of pyridine rings is 1. The van der Waals surface area contributed by atoms with Gasteiger partial charge in [-0.25, -0.2) is 4.98 Å². The zero-order valence-corrected chi connectivity index (χ0v) is 12.6. The molecule has 0 spiro atoms. The smallest absolute Gasteiger partial charge is 0.213 e. The van der Waals surface area contributed by atoms with Crippen molar-refractivity contribution in [3.05, 3.63) is 23.9 Å². The van der Waals surface area contributed by atoms with Gasteiger partial charge in [-0.3, -0.25) is 0 Å². The number of hydrogen-bond acceptors (Lipinski definition) is 4. The monoisotopic (exact) mass is 278 g/mol. The fourth-order valence-corrected chi connectivity index (χ4v) is 2.33. The summed E-state index contributed by atoms with van der Waals surface area (Å²) in [5.41, 5.74) is 1.19. The van der Waals surface area contributed by atoms with Gasteiger partial charge in [0, 0.05) is 24.9 Å². The maximum Gasteiger partial charge on any atom is 0.213 e. The quantitative estimate of drug-likeness (QED) is 0.832. The highest BCUT2D eigenvalue weighted by Gasteiger charge is 2.14. The Labute approximate surface area is 121 Å². The molecule has 1 aromatic heterocycles. The maximum atomic E-state index is 5.70. The second-order valence-corrected chi connectivity index (χ2v) is 5.41. The van der Waals surface area contributed by atoms with Gasteiger partial charge in [-0.15, -0.1) is 0 Å². The van der Waals surface area contributed by atoms with E-state index in [0.717, 1.165) is 26.0 Å². The molecule has 2 heterocycles. The summed E-state index contributed by atoms with van der Waals surface area (Å²) in [6.45, 7) is 6.82. The van der Waals surface area contributed by atoms with Crippen LogP contribution in [0.15, 0.2) is 18.3 Å². The molecule has 1 fully saturated rings. The van der Waals surface area contributed by atoms with Gasteiger partial charge in [0.25, 0.3) is 0 Å². The zero-order chi connectivity index (χ0) is 14.2. The molecular formula is C16H26N2O2. The summed E-state index contributed by atoms with van der Waals surface area (Å²) >= 11 is 0. The molecule has 0 saturated carbocycles. The minimum atomic E-state index is 0.232. The van der Waals surface area contributed by atoms with Crippen molar-refractivity contribution in [3.8, 4) is 5.88 Å². The van der Waals surface area contributed by atoms with Crippen LogP contribution in [0.4, 0.5) is 0 Å². The molecule has 1 N–H and O–H groups in total. The summed E-state index contributed by atoms with van der Waals surface area (Å²) < 4.78 is 11.3. The van der Waals surface area contributed by atoms with Gasteiger partial charge in [0.05, 0.1) is 6.10 Å². The fraction of sp³-hybridized carbons (Fsp3) is 0.688. The Balaban J connectivity index is 1.78. The third-order valence-corrected chi connectivity index (χ3v) is 3.65. The van der Waals surface area contributed by atoms with Gasteiger partial charge in [0.2, 0.25) is 5.88 Å². The SMILES string of the molecule is CCCNC(C)c1ccc(OCC2CCCCO2)nc1. The minimum absolute atomic E-state index is 0.232. The van der Waals surface area contributed by atoms with Crippen LogP contribution >= 0.6 is 0 Å². The molecule has 1 aliphatic rings. The van der Waals surface area contributed by atoms with E-state index in [1.807, 2.05) is 12.3 Å². The highest BCUT2D eigenvalue weighted by atomic mass is 16.5. The lowest BCUT2D eigenvalue weighted by Crippen LogP contribution is -2.26. The predicted octanol–water partition coefficient (Wildman–Crippen LogP) is 3.09. The first-order chi connectivity index (χ1) is 9.79. The first-order valence-electron chi connectivity index (χ1n) is 7.73. The van der Waals surface area contributed by atoms with E-state index in [9.17, 15) is 0 Å². The lowest BCUT2D eigenvalue weighted by molar-refractivity contribution is -0.0119. The van der Waals surface area contributed by atoms with Crippen molar-refractivity contribution in [2.24, 2.45) is 0 Å². The van der Waals surface area contributed by atoms with Crippen LogP contribution in [0.25, 0.3) is 0 Å². The molecule has 4 nitrogen and oxygen atoms in total. The van der Waals surface area contributed by atoms with Crippen molar-refractivity contribution in [3.63, 3.8) is 0 Å². The number of hydrogen-bond donors (Lipinski definition) is 1. The lowest BCUT2D eigenvalue weighted by Gasteiger charge is -2.22. The molecule has 0 aromatic carbocycles. The van der Waals surface area contributed by atoms with Crippen molar-refractivity contribution >= 4 is 0 Å². The van der Waals surface area contributed by atoms with E-state index in [4.69, 9.17) is 9.47 Å². The predicted molar refractivity (Wildman–Crippen MR) is 80.0 cm³/mol. The number of rotatable bonds is 7. The van der Waals surface area contributed by atoms with Crippen LogP contribution in [0.2, 0.25) is 0 Å². The Morgan fingerprint density at radius 1 is 1.45 bits per heavy atom. The summed E-state index contributed by atoms with van der Waals surface area (Å²) in [7, 11) is 0. The second-order valence-electron chi connectivity index (χ2n) is 5.41. The molecule has 0 radical (unpaired) electrons. The van der Waals surface area contributed by atoms with Crippen LogP contribution in [-0.2, 0) is 4.74 Å². The molecular weight excluding hydrogens is 252 g/mol. The van der Waals surface area contributed by atoms with Crippen molar-refractivity contribution in [2.75, 3.05) is 19.8 Å². The van der Waals surface area contributed by atoms with Crippen LogP contribution in [0.3, 0.4) is 0 Å². The van der Waals surface area contributed by atoms with Crippen LogP contribution in [0.5, 0.6) is 5.88 Å². The Morgan fingerprint density at radius 2 is 2.35 bits per heavy atom. The number of aromatic nitrogens is 1. The van der Waals surface area contributed by atoms with Gasteiger partial charge in [0.1, 0.15) is 6.61 Å². The molecule has 112 valence electrons. The first kappa shape index (κ1) is 15.3. The van der Waals surface area contributed by atoms with Gasteiger partial charge in [-0.05, 0) is 44.7 Å². The summed E-state index contributed by atoms with van der Waals surface area (Å²) in [6.07, 6.45) is 6.77. The summed E-state index contributed by atoms with van der Waals surface area (Å²) in [4.78, 5) is 4.37. The van der Waals surface area contributed by atoms with Gasteiger partial charge >= 0.3 is 0 Å². The topological polar surface area (TPSA) is 43.4 Å². The molecule has 4 heteroatoms. The third kappa shape index (κ3) is 4.76. The number of ether oxygens (including phenoxy) is 2. The molecule has 0 aliphatic carbocycles. The highest BCUT2D eigenvalue weighted by molar-refractivity contribution is 5.20. The van der Waals surface area contributed by atoms with E-state index in [1.165, 1.54) is 18.4 Å². The second kappa shape index (κ2) is 8.22. The van der Waals surface area contributed by atoms with Gasteiger partial charge in [-0.1, -0.05) is 13.0 Å². The number of nitrogens with one attached hydrogen (secondary N) is 1. The van der Waals surface area contributed by atoms with Gasteiger partial charge in [-0.2, -0.15) is 0 Å². The Kier molecular flexibility index (Phi) is 6.27. The Morgan fingerprint density at radius 3 is 3.00 bits per heavy atom. The zero-order valence-electron chi connectivity index (χ0n) is 12.6. The first-order valence-corrected chi connectivity index (χ1v) is 7.73. The molecule has 2 unspecified atom stereocenters. The van der Waals surface area contributed by atoms with Crippen molar-refractivity contribution in [2.45, 2.75) is 51.7 Å². The molecule has 2 rings (SSSR count). The molecule has 0 bridgehead atoms. The largest absolute Gasteiger partial charge is 0.475 e. The molecule has 0 amide bonds. The minimum Gasteiger partial charge on any atom is -0.475 e. The van der Waals surface area contributed by atoms with Crippen LogP contribution < -0.4 is 10.1 Å². The van der Waals surface area contributed by atoms with E-state index >= 15 is 0 Å². The Hall–Kier alpha value is -1.13. The average Bonchev–Trinajstić information content (AvgIpc) is 2.52. The van der Waals surface area contributed by atoms with Crippen LogP contribution in [-0.4, -0.2) is 30.8 Å². The van der Waals surface area contributed by atoms with Crippen molar-refractivity contribution in [1.82, 2.24) is 10.3 Å². The fourth-order valence-electron chi connectivity index (χ4n) is 2.33. The van der Waals surface area contributed by atoms with Crippen LogP contribution in [0, 0.1) is 0 Å². The number of nitrogens with zero attached hydrogens (tertiary/aromatic N) is 1. The highest BCUT2D eigenvalue weighted by Crippen LogP contribution is 2.17. The summed E-state index contributed by atoms with van der Waals surface area (Å²) in [5.74, 6) is 0.686. The molecule has 2 atom stereocenters. The summed E-state index contributed by atoms with van der Waals surface area (Å²) in [6, 6.07) is 4.36. The molecule has 1 saturated heterocycles. The lowest BCUT2D eigenvalue weighted by atomic mass is 10.1. The van der Waals surface area contributed by atoms with Gasteiger partial charge in [0.15, 0.2) is 0 Å². The van der Waals surface area contributed by atoms with E-state index in [-0.39, 0.29) is 6.10 Å². The normalized spacial score (nSPS) is 20.6. The van der Waals surface area contributed by atoms with E-state index in [1.54, 1.807) is 0 Å². The maximum absolute atomic E-state index is 5.70. The van der Waals surface area contributed by atoms with Crippen LogP contribution in [0.1, 0.15) is 51.1 Å². The Bertz CT molecular complexity index is 375. The van der Waals surface area contributed by atoms with Crippen molar-refractivity contribution < 1.29 is 9.47 Å². The summed E-state index contributed by atoms with van der Waals surface area (Å²) in [5, 5.41) is 3.45. The van der Waals surface area contributed by atoms with E-state index < -0.39 is 0 Å². The van der Waals surface area contributed by atoms with Gasteiger partial charge < -0.3 is 14.8 Å². The third-order valence-electron chi connectivity index (χ3n) is 3.65. The average molecular weight is 278 g/mol. The molecule has 20 heavy (non-hydrogen) atoms.